The Labute approximate surface area is 255 Å². The van der Waals surface area contributed by atoms with Gasteiger partial charge in [-0.25, -0.2) is 12.8 Å². The molecule has 0 bridgehead atoms. The second kappa shape index (κ2) is 14.4. The fourth-order valence-electron chi connectivity index (χ4n) is 4.08. The maximum Gasteiger partial charge on any atom is 0.244 e. The van der Waals surface area contributed by atoms with Gasteiger partial charge in [0, 0.05) is 19.0 Å². The monoisotopic (exact) mass is 641 g/mol. The van der Waals surface area contributed by atoms with Crippen molar-refractivity contribution in [3.63, 3.8) is 0 Å². The van der Waals surface area contributed by atoms with Gasteiger partial charge in [0.05, 0.1) is 27.0 Å². The van der Waals surface area contributed by atoms with E-state index in [1.165, 1.54) is 41.3 Å². The minimum atomic E-state index is -4.06. The second-order valence-corrected chi connectivity index (χ2v) is 12.8. The van der Waals surface area contributed by atoms with E-state index in [9.17, 15) is 22.4 Å². The number of nitrogens with one attached hydrogen (secondary N) is 1. The molecule has 2 atom stereocenters. The average Bonchev–Trinajstić information content (AvgIpc) is 2.92. The Morgan fingerprint density at radius 3 is 2.12 bits per heavy atom. The molecule has 220 valence electrons. The third-order valence-electron chi connectivity index (χ3n) is 6.48. The minimum absolute atomic E-state index is 0.0296. The molecular formula is C29H31Cl3FN3O4S. The van der Waals surface area contributed by atoms with Crippen molar-refractivity contribution in [2.45, 2.75) is 45.3 Å². The maximum absolute atomic E-state index is 14.1. The van der Waals surface area contributed by atoms with Gasteiger partial charge in [-0.3, -0.25) is 13.9 Å². The molecule has 0 fully saturated rings. The molecule has 0 heterocycles. The van der Waals surface area contributed by atoms with Crippen molar-refractivity contribution in [1.82, 2.24) is 10.2 Å². The predicted octanol–water partition coefficient (Wildman–Crippen LogP) is 6.11. The van der Waals surface area contributed by atoms with Crippen LogP contribution >= 0.6 is 34.8 Å². The summed E-state index contributed by atoms with van der Waals surface area (Å²) in [5.41, 5.74) is 1.30. The standard InChI is InChI=1S/C29H31Cl3FN3O4S/c1-4-19(2)34-29(38)27(14-20-8-6-5-7-9-20)35(17-21-10-12-22(33)13-11-21)28(37)18-36(41(3,39)40)26-16-24(31)23(30)15-25(26)32/h5-13,15-16,19,27H,4,14,17-18H2,1-3H3,(H,34,38)/t19-,27-/m1/s1. The van der Waals surface area contributed by atoms with E-state index in [2.05, 4.69) is 5.32 Å². The molecule has 0 aliphatic heterocycles. The van der Waals surface area contributed by atoms with Crippen LogP contribution in [0.25, 0.3) is 0 Å². The van der Waals surface area contributed by atoms with Crippen LogP contribution in [0.15, 0.2) is 66.7 Å². The molecule has 0 radical (unpaired) electrons. The number of carbonyl (C=O) groups excluding carboxylic acids is 2. The average molecular weight is 643 g/mol. The Morgan fingerprint density at radius 2 is 1.54 bits per heavy atom. The molecule has 0 unspecified atom stereocenters. The molecule has 3 aromatic carbocycles. The lowest BCUT2D eigenvalue weighted by atomic mass is 10.0. The number of anilines is 1. The number of halogens is 4. The highest BCUT2D eigenvalue weighted by Crippen LogP contribution is 2.35. The van der Waals surface area contributed by atoms with Gasteiger partial charge in [-0.2, -0.15) is 0 Å². The van der Waals surface area contributed by atoms with Crippen molar-refractivity contribution in [3.8, 4) is 0 Å². The van der Waals surface area contributed by atoms with Gasteiger partial charge in [0.1, 0.15) is 18.4 Å². The van der Waals surface area contributed by atoms with Crippen molar-refractivity contribution in [1.29, 1.82) is 0 Å². The summed E-state index contributed by atoms with van der Waals surface area (Å²) >= 11 is 18.5. The molecule has 0 spiro atoms. The Morgan fingerprint density at radius 1 is 0.927 bits per heavy atom. The van der Waals surface area contributed by atoms with Crippen LogP contribution in [-0.4, -0.2) is 50.0 Å². The molecule has 0 saturated carbocycles. The zero-order chi connectivity index (χ0) is 30.3. The first-order chi connectivity index (χ1) is 19.3. The van der Waals surface area contributed by atoms with Crippen LogP contribution in [0, 0.1) is 5.82 Å². The Hall–Kier alpha value is -2.85. The van der Waals surface area contributed by atoms with E-state index in [4.69, 9.17) is 34.8 Å². The summed E-state index contributed by atoms with van der Waals surface area (Å²) < 4.78 is 40.3. The predicted molar refractivity (Wildman–Crippen MR) is 162 cm³/mol. The van der Waals surface area contributed by atoms with Gasteiger partial charge in [0.15, 0.2) is 0 Å². The van der Waals surface area contributed by atoms with E-state index in [-0.39, 0.29) is 39.8 Å². The fourth-order valence-corrected chi connectivity index (χ4v) is 5.63. The van der Waals surface area contributed by atoms with Crippen molar-refractivity contribution in [2.75, 3.05) is 17.1 Å². The normalized spacial score (nSPS) is 12.9. The first kappa shape index (κ1) is 32.7. The van der Waals surface area contributed by atoms with E-state index < -0.39 is 40.2 Å². The van der Waals surface area contributed by atoms with Gasteiger partial charge in [0.2, 0.25) is 21.8 Å². The Balaban J connectivity index is 2.09. The van der Waals surface area contributed by atoms with Gasteiger partial charge in [0.25, 0.3) is 0 Å². The summed E-state index contributed by atoms with van der Waals surface area (Å²) in [5, 5.41) is 3.07. The topological polar surface area (TPSA) is 86.8 Å². The zero-order valence-electron chi connectivity index (χ0n) is 22.8. The number of hydrogen-bond donors (Lipinski definition) is 1. The zero-order valence-corrected chi connectivity index (χ0v) is 25.9. The molecular weight excluding hydrogens is 612 g/mol. The highest BCUT2D eigenvalue weighted by molar-refractivity contribution is 7.92. The van der Waals surface area contributed by atoms with E-state index >= 15 is 0 Å². The number of nitrogens with zero attached hydrogens (tertiary/aromatic N) is 2. The lowest BCUT2D eigenvalue weighted by Crippen LogP contribution is -2.54. The fraction of sp³-hybridized carbons (Fsp3) is 0.310. The van der Waals surface area contributed by atoms with Crippen LogP contribution in [-0.2, 0) is 32.6 Å². The molecule has 0 saturated heterocycles. The highest BCUT2D eigenvalue weighted by Gasteiger charge is 2.34. The van der Waals surface area contributed by atoms with Crippen LogP contribution in [0.3, 0.4) is 0 Å². The SMILES string of the molecule is CC[C@@H](C)NC(=O)[C@@H](Cc1ccccc1)N(Cc1ccc(F)cc1)C(=O)CN(c1cc(Cl)c(Cl)cc1Cl)S(C)(=O)=O. The number of amides is 2. The van der Waals surface area contributed by atoms with Gasteiger partial charge in [-0.1, -0.05) is 84.2 Å². The lowest BCUT2D eigenvalue weighted by Gasteiger charge is -2.34. The van der Waals surface area contributed by atoms with Crippen LogP contribution in [0.2, 0.25) is 15.1 Å². The van der Waals surface area contributed by atoms with Gasteiger partial charge >= 0.3 is 0 Å². The summed E-state index contributed by atoms with van der Waals surface area (Å²) in [6.07, 6.45) is 1.75. The van der Waals surface area contributed by atoms with E-state index in [0.29, 0.717) is 12.0 Å². The Bertz CT molecular complexity index is 1470. The van der Waals surface area contributed by atoms with E-state index in [1.807, 2.05) is 44.2 Å². The van der Waals surface area contributed by atoms with Gasteiger partial charge in [-0.05, 0) is 48.7 Å². The molecule has 12 heteroatoms. The van der Waals surface area contributed by atoms with Crippen LogP contribution < -0.4 is 9.62 Å². The summed E-state index contributed by atoms with van der Waals surface area (Å²) in [6, 6.07) is 16.0. The number of hydrogen-bond acceptors (Lipinski definition) is 4. The molecule has 0 aliphatic rings. The summed E-state index contributed by atoms with van der Waals surface area (Å²) in [7, 11) is -4.06. The van der Waals surface area contributed by atoms with Crippen molar-refractivity contribution >= 4 is 62.3 Å². The maximum atomic E-state index is 14.1. The van der Waals surface area contributed by atoms with Crippen molar-refractivity contribution in [2.24, 2.45) is 0 Å². The van der Waals surface area contributed by atoms with E-state index in [1.54, 1.807) is 0 Å². The highest BCUT2D eigenvalue weighted by atomic mass is 35.5. The Kier molecular flexibility index (Phi) is 11.4. The summed E-state index contributed by atoms with van der Waals surface area (Å²) in [6.45, 7) is 3.00. The number of rotatable bonds is 12. The van der Waals surface area contributed by atoms with Crippen LogP contribution in [0.5, 0.6) is 0 Å². The summed E-state index contributed by atoms with van der Waals surface area (Å²) in [4.78, 5) is 29.0. The quantitative estimate of drug-likeness (QED) is 0.242. The largest absolute Gasteiger partial charge is 0.352 e. The van der Waals surface area contributed by atoms with Gasteiger partial charge in [-0.15, -0.1) is 0 Å². The molecule has 7 nitrogen and oxygen atoms in total. The first-order valence-corrected chi connectivity index (χ1v) is 15.8. The number of benzene rings is 3. The third-order valence-corrected chi connectivity index (χ3v) is 8.63. The molecule has 3 aromatic rings. The van der Waals surface area contributed by atoms with Crippen molar-refractivity contribution in [3.05, 3.63) is 98.7 Å². The molecule has 2 amide bonds. The lowest BCUT2D eigenvalue weighted by molar-refractivity contribution is -0.140. The van der Waals surface area contributed by atoms with Gasteiger partial charge < -0.3 is 10.2 Å². The molecule has 3 rings (SSSR count). The first-order valence-electron chi connectivity index (χ1n) is 12.8. The third kappa shape index (κ3) is 9.07. The molecule has 1 N–H and O–H groups in total. The van der Waals surface area contributed by atoms with Crippen molar-refractivity contribution < 1.29 is 22.4 Å². The second-order valence-electron chi connectivity index (χ2n) is 9.66. The minimum Gasteiger partial charge on any atom is -0.352 e. The smallest absolute Gasteiger partial charge is 0.244 e. The number of carbonyl (C=O) groups is 2. The van der Waals surface area contributed by atoms with E-state index in [0.717, 1.165) is 16.1 Å². The molecule has 41 heavy (non-hydrogen) atoms. The number of sulfonamides is 1. The van der Waals surface area contributed by atoms with Crippen LogP contribution in [0.4, 0.5) is 10.1 Å². The summed E-state index contributed by atoms with van der Waals surface area (Å²) in [5.74, 6) is -1.54. The van der Waals surface area contributed by atoms with Crippen LogP contribution in [0.1, 0.15) is 31.4 Å². The molecule has 0 aliphatic carbocycles. The molecule has 0 aromatic heterocycles.